The molecule has 3 aromatic heterocycles. The summed E-state index contributed by atoms with van der Waals surface area (Å²) in [6, 6.07) is 6.54. The number of nitrogens with zero attached hydrogens (tertiary/aromatic N) is 3. The van der Waals surface area contributed by atoms with E-state index in [0.29, 0.717) is 17.4 Å². The first-order valence-electron chi connectivity index (χ1n) is 6.38. The molecule has 0 radical (unpaired) electrons. The predicted octanol–water partition coefficient (Wildman–Crippen LogP) is 4.01. The second kappa shape index (κ2) is 7.11. The Balaban J connectivity index is 1.52. The molecular formula is C13H10N4O4S2. The molecule has 8 nitrogen and oxygen atoms in total. The summed E-state index contributed by atoms with van der Waals surface area (Å²) in [7, 11) is 0. The van der Waals surface area contributed by atoms with Crippen molar-refractivity contribution in [3.8, 4) is 0 Å². The zero-order valence-corrected chi connectivity index (χ0v) is 13.2. The molecule has 0 aromatic carbocycles. The van der Waals surface area contributed by atoms with E-state index in [4.69, 9.17) is 8.83 Å². The monoisotopic (exact) mass is 350 g/mol. The quantitative estimate of drug-likeness (QED) is 0.387. The van der Waals surface area contributed by atoms with Crippen LogP contribution < -0.4 is 5.32 Å². The van der Waals surface area contributed by atoms with Crippen molar-refractivity contribution in [1.29, 1.82) is 0 Å². The van der Waals surface area contributed by atoms with Crippen LogP contribution in [-0.2, 0) is 6.54 Å². The molecule has 0 fully saturated rings. The maximum Gasteiger partial charge on any atom is 0.433 e. The van der Waals surface area contributed by atoms with Gasteiger partial charge < -0.3 is 14.2 Å². The van der Waals surface area contributed by atoms with Crippen LogP contribution in [-0.4, -0.2) is 15.1 Å². The van der Waals surface area contributed by atoms with E-state index in [2.05, 4.69) is 15.5 Å². The fourth-order valence-corrected chi connectivity index (χ4v) is 3.07. The van der Waals surface area contributed by atoms with Gasteiger partial charge in [0.25, 0.3) is 0 Å². The summed E-state index contributed by atoms with van der Waals surface area (Å²) >= 11 is 2.75. The van der Waals surface area contributed by atoms with Crippen LogP contribution in [0.1, 0.15) is 11.5 Å². The predicted molar refractivity (Wildman–Crippen MR) is 86.2 cm³/mol. The summed E-state index contributed by atoms with van der Waals surface area (Å²) < 4.78 is 11.0. The van der Waals surface area contributed by atoms with Crippen molar-refractivity contribution in [2.45, 2.75) is 10.9 Å². The lowest BCUT2D eigenvalue weighted by atomic mass is 10.4. The van der Waals surface area contributed by atoms with Crippen molar-refractivity contribution in [2.75, 3.05) is 5.32 Å². The lowest BCUT2D eigenvalue weighted by molar-refractivity contribution is -0.402. The van der Waals surface area contributed by atoms with Crippen molar-refractivity contribution < 1.29 is 13.8 Å². The molecule has 3 rings (SSSR count). The Morgan fingerprint density at radius 2 is 2.30 bits per heavy atom. The van der Waals surface area contributed by atoms with Crippen LogP contribution in [0.4, 0.5) is 11.0 Å². The van der Waals surface area contributed by atoms with Gasteiger partial charge in [0.1, 0.15) is 16.4 Å². The molecule has 0 aliphatic rings. The molecule has 0 saturated heterocycles. The van der Waals surface area contributed by atoms with Gasteiger partial charge in [-0.1, -0.05) is 23.1 Å². The summed E-state index contributed by atoms with van der Waals surface area (Å²) in [5.41, 5.74) is 0. The van der Waals surface area contributed by atoms with E-state index in [1.165, 1.54) is 35.2 Å². The van der Waals surface area contributed by atoms with Crippen LogP contribution in [0.2, 0.25) is 0 Å². The third-order valence-corrected chi connectivity index (χ3v) is 4.36. The number of hydrogen-bond acceptors (Lipinski definition) is 9. The Morgan fingerprint density at radius 3 is 3.04 bits per heavy atom. The maximum absolute atomic E-state index is 10.5. The van der Waals surface area contributed by atoms with Gasteiger partial charge in [-0.3, -0.25) is 10.1 Å². The minimum absolute atomic E-state index is 0.282. The fraction of sp³-hybridized carbons (Fsp3) is 0.0769. The summed E-state index contributed by atoms with van der Waals surface area (Å²) in [6.45, 7) is 0.540. The molecule has 118 valence electrons. The van der Waals surface area contributed by atoms with Gasteiger partial charge >= 0.3 is 5.88 Å². The van der Waals surface area contributed by atoms with Gasteiger partial charge in [0, 0.05) is 0 Å². The number of nitrogens with one attached hydrogen (secondary N) is 1. The Labute approximate surface area is 138 Å². The van der Waals surface area contributed by atoms with Crippen molar-refractivity contribution >= 4 is 40.2 Å². The lowest BCUT2D eigenvalue weighted by Crippen LogP contribution is -1.96. The minimum Gasteiger partial charge on any atom is -0.467 e. The first-order valence-corrected chi connectivity index (χ1v) is 8.07. The standard InChI is InChI=1S/C13H10N4O4S2/c18-17(19)11-4-3-9(21-11)5-7-22-13-16-15-12(23-13)14-8-10-2-1-6-20-10/h1-7H,8H2,(H,14,15)/b7-5+. The number of anilines is 1. The van der Waals surface area contributed by atoms with Crippen molar-refractivity contribution in [2.24, 2.45) is 0 Å². The molecule has 0 aliphatic heterocycles. The molecular weight excluding hydrogens is 340 g/mol. The van der Waals surface area contributed by atoms with Gasteiger partial charge in [0.15, 0.2) is 4.34 Å². The van der Waals surface area contributed by atoms with E-state index in [0.717, 1.165) is 10.1 Å². The number of nitro groups is 1. The van der Waals surface area contributed by atoms with Crippen molar-refractivity contribution in [3.63, 3.8) is 0 Å². The van der Waals surface area contributed by atoms with E-state index in [9.17, 15) is 10.1 Å². The first kappa shape index (κ1) is 15.3. The fourth-order valence-electron chi connectivity index (χ4n) is 1.59. The van der Waals surface area contributed by atoms with E-state index in [1.54, 1.807) is 17.7 Å². The second-order valence-electron chi connectivity index (χ2n) is 4.16. The highest BCUT2D eigenvalue weighted by atomic mass is 32.2. The Morgan fingerprint density at radius 1 is 1.39 bits per heavy atom. The Hall–Kier alpha value is -2.59. The molecule has 0 bridgehead atoms. The topological polar surface area (TPSA) is 107 Å². The SMILES string of the molecule is O=[N+]([O-])c1ccc(/C=C/Sc2nnc(NCc3ccco3)s2)o1. The molecule has 0 amide bonds. The molecule has 10 heteroatoms. The zero-order valence-electron chi connectivity index (χ0n) is 11.5. The van der Waals surface area contributed by atoms with Crippen LogP contribution >= 0.6 is 23.1 Å². The van der Waals surface area contributed by atoms with E-state index in [1.807, 2.05) is 12.1 Å². The molecule has 23 heavy (non-hydrogen) atoms. The van der Waals surface area contributed by atoms with Gasteiger partial charge in [-0.05, 0) is 29.7 Å². The van der Waals surface area contributed by atoms with Gasteiger partial charge in [-0.2, -0.15) is 0 Å². The first-order chi connectivity index (χ1) is 11.2. The Bertz CT molecular complexity index is 810. The molecule has 0 unspecified atom stereocenters. The van der Waals surface area contributed by atoms with E-state index in [-0.39, 0.29) is 5.88 Å². The van der Waals surface area contributed by atoms with Gasteiger partial charge in [-0.15, -0.1) is 10.2 Å². The average molecular weight is 350 g/mol. The van der Waals surface area contributed by atoms with Gasteiger partial charge in [0.2, 0.25) is 5.13 Å². The summed E-state index contributed by atoms with van der Waals surface area (Å²) in [5, 5.41) is 24.1. The second-order valence-corrected chi connectivity index (χ2v) is 6.29. The molecule has 0 saturated carbocycles. The number of furan rings is 2. The van der Waals surface area contributed by atoms with Crippen LogP contribution in [0.15, 0.2) is 49.1 Å². The molecule has 3 aromatic rings. The Kier molecular flexibility index (Phi) is 4.74. The highest BCUT2D eigenvalue weighted by Crippen LogP contribution is 2.27. The van der Waals surface area contributed by atoms with Crippen LogP contribution in [0.5, 0.6) is 0 Å². The van der Waals surface area contributed by atoms with Crippen LogP contribution in [0, 0.1) is 10.1 Å². The molecule has 3 heterocycles. The van der Waals surface area contributed by atoms with Crippen molar-refractivity contribution in [3.05, 3.63) is 57.6 Å². The van der Waals surface area contributed by atoms with Gasteiger partial charge in [0.05, 0.1) is 18.9 Å². The lowest BCUT2D eigenvalue weighted by Gasteiger charge is -1.96. The maximum atomic E-state index is 10.5. The minimum atomic E-state index is -0.577. The number of hydrogen-bond donors (Lipinski definition) is 1. The summed E-state index contributed by atoms with van der Waals surface area (Å²) in [4.78, 5) is 9.93. The molecule has 0 spiro atoms. The summed E-state index contributed by atoms with van der Waals surface area (Å²) in [6.07, 6.45) is 3.25. The normalized spacial score (nSPS) is 11.1. The van der Waals surface area contributed by atoms with E-state index < -0.39 is 4.92 Å². The highest BCUT2D eigenvalue weighted by Gasteiger charge is 2.10. The molecule has 1 N–H and O–H groups in total. The number of aromatic nitrogens is 2. The largest absolute Gasteiger partial charge is 0.467 e. The van der Waals surface area contributed by atoms with Crippen LogP contribution in [0.25, 0.3) is 6.08 Å². The smallest absolute Gasteiger partial charge is 0.433 e. The van der Waals surface area contributed by atoms with Crippen molar-refractivity contribution in [1.82, 2.24) is 10.2 Å². The average Bonchev–Trinajstić information content (AvgIpc) is 3.27. The molecule has 0 atom stereocenters. The third-order valence-electron chi connectivity index (χ3n) is 2.59. The number of thioether (sulfide) groups is 1. The highest BCUT2D eigenvalue weighted by molar-refractivity contribution is 8.03. The summed E-state index contributed by atoms with van der Waals surface area (Å²) in [5.74, 6) is 0.938. The zero-order chi connectivity index (χ0) is 16.1. The third kappa shape index (κ3) is 4.20. The molecule has 0 aliphatic carbocycles. The van der Waals surface area contributed by atoms with E-state index >= 15 is 0 Å². The number of rotatable bonds is 7. The van der Waals surface area contributed by atoms with Gasteiger partial charge in [-0.25, -0.2) is 0 Å². The van der Waals surface area contributed by atoms with Crippen LogP contribution in [0.3, 0.4) is 0 Å².